The Morgan fingerprint density at radius 1 is 1.00 bits per heavy atom. The molecule has 0 spiro atoms. The van der Waals surface area contributed by atoms with Crippen molar-refractivity contribution in [3.05, 3.63) is 0 Å². The Morgan fingerprint density at radius 2 is 1.57 bits per heavy atom. The van der Waals surface area contributed by atoms with Gasteiger partial charge in [-0.3, -0.25) is 19.3 Å². The summed E-state index contributed by atoms with van der Waals surface area (Å²) in [6.45, 7) is 1.89. The summed E-state index contributed by atoms with van der Waals surface area (Å²) in [5.74, 6) is -0.797. The van der Waals surface area contributed by atoms with E-state index in [2.05, 4.69) is 5.32 Å². The van der Waals surface area contributed by atoms with Crippen molar-refractivity contribution in [2.24, 2.45) is 0 Å². The van der Waals surface area contributed by atoms with Gasteiger partial charge in [0, 0.05) is 32.2 Å². The molecule has 3 amide bonds. The van der Waals surface area contributed by atoms with Gasteiger partial charge in [-0.15, -0.1) is 0 Å². The lowest BCUT2D eigenvalue weighted by atomic mass is 9.74. The van der Waals surface area contributed by atoms with Gasteiger partial charge in [-0.25, -0.2) is 0 Å². The Balaban J connectivity index is 1.52. The van der Waals surface area contributed by atoms with Crippen molar-refractivity contribution in [2.45, 2.75) is 43.7 Å². The highest BCUT2D eigenvalue weighted by atomic mass is 16.2. The Bertz CT molecular complexity index is 503. The summed E-state index contributed by atoms with van der Waals surface area (Å²) >= 11 is 0. The molecule has 1 N–H and O–H groups in total. The average Bonchev–Trinajstić information content (AvgIpc) is 3.29. The Kier molecular flexibility index (Phi) is 4.31. The molecule has 3 aliphatic rings. The van der Waals surface area contributed by atoms with Gasteiger partial charge in [0.15, 0.2) is 0 Å². The normalized spacial score (nSPS) is 23.4. The molecule has 0 bridgehead atoms. The van der Waals surface area contributed by atoms with Gasteiger partial charge in [0.1, 0.15) is 5.54 Å². The summed E-state index contributed by atoms with van der Waals surface area (Å²) < 4.78 is 0. The number of hydrogen-bond acceptors (Lipinski definition) is 4. The van der Waals surface area contributed by atoms with Crippen LogP contribution in [0.25, 0.3) is 0 Å². The van der Waals surface area contributed by atoms with Crippen molar-refractivity contribution < 1.29 is 14.4 Å². The number of amides is 3. The molecular weight excluding hydrogens is 296 g/mol. The van der Waals surface area contributed by atoms with Crippen molar-refractivity contribution in [3.63, 3.8) is 0 Å². The highest BCUT2D eigenvalue weighted by molar-refractivity contribution is 6.35. The van der Waals surface area contributed by atoms with E-state index < -0.39 is 11.8 Å². The van der Waals surface area contributed by atoms with E-state index in [4.69, 9.17) is 0 Å². The number of piperazine rings is 1. The summed E-state index contributed by atoms with van der Waals surface area (Å²) in [7, 11) is 3.91. The molecule has 1 heterocycles. The molecule has 23 heavy (non-hydrogen) atoms. The number of hydrogen-bond donors (Lipinski definition) is 1. The largest absolute Gasteiger partial charge is 0.345 e. The van der Waals surface area contributed by atoms with Crippen LogP contribution < -0.4 is 5.32 Å². The number of carbonyl (C=O) groups excluding carboxylic acids is 3. The van der Waals surface area contributed by atoms with Gasteiger partial charge in [-0.1, -0.05) is 0 Å². The first kappa shape index (κ1) is 16.2. The van der Waals surface area contributed by atoms with E-state index in [1.165, 1.54) is 0 Å². The second kappa shape index (κ2) is 6.11. The predicted molar refractivity (Wildman–Crippen MR) is 84.6 cm³/mol. The van der Waals surface area contributed by atoms with Gasteiger partial charge in [0.2, 0.25) is 5.91 Å². The number of nitrogens with one attached hydrogen (secondary N) is 1. The van der Waals surface area contributed by atoms with Crippen LogP contribution in [0.5, 0.6) is 0 Å². The third-order valence-corrected chi connectivity index (χ3v) is 5.40. The van der Waals surface area contributed by atoms with Gasteiger partial charge in [-0.2, -0.15) is 0 Å². The second-order valence-corrected chi connectivity index (χ2v) is 7.11. The fraction of sp³-hybridized carbons (Fsp3) is 0.812. The van der Waals surface area contributed by atoms with E-state index >= 15 is 0 Å². The molecule has 0 atom stereocenters. The average molecular weight is 322 g/mol. The SMILES string of the molecule is CN(C)C1(C(=O)N2CCN(C(=O)C(=O)NC3CC3)CC2)CCC1. The molecule has 0 aromatic rings. The first-order valence-electron chi connectivity index (χ1n) is 8.50. The van der Waals surface area contributed by atoms with Crippen LogP contribution in [0.4, 0.5) is 0 Å². The zero-order valence-electron chi connectivity index (χ0n) is 14.0. The molecule has 0 radical (unpaired) electrons. The molecule has 0 aromatic carbocycles. The summed E-state index contributed by atoms with van der Waals surface area (Å²) in [5.41, 5.74) is -0.352. The molecule has 128 valence electrons. The molecule has 7 nitrogen and oxygen atoms in total. The molecule has 3 fully saturated rings. The maximum absolute atomic E-state index is 12.8. The Labute approximate surface area is 137 Å². The van der Waals surface area contributed by atoms with Crippen LogP contribution in [0.2, 0.25) is 0 Å². The number of nitrogens with zero attached hydrogens (tertiary/aromatic N) is 3. The van der Waals surface area contributed by atoms with Crippen LogP contribution >= 0.6 is 0 Å². The van der Waals surface area contributed by atoms with Crippen LogP contribution in [0.15, 0.2) is 0 Å². The maximum Gasteiger partial charge on any atom is 0.312 e. The van der Waals surface area contributed by atoms with Crippen molar-refractivity contribution in [3.8, 4) is 0 Å². The topological polar surface area (TPSA) is 73.0 Å². The zero-order valence-corrected chi connectivity index (χ0v) is 14.0. The summed E-state index contributed by atoms with van der Waals surface area (Å²) in [6, 6.07) is 0.188. The van der Waals surface area contributed by atoms with Crippen molar-refractivity contribution >= 4 is 17.7 Å². The smallest absolute Gasteiger partial charge is 0.312 e. The van der Waals surface area contributed by atoms with E-state index in [0.29, 0.717) is 26.2 Å². The number of rotatable bonds is 3. The Morgan fingerprint density at radius 3 is 2.00 bits per heavy atom. The predicted octanol–water partition coefficient (Wildman–Crippen LogP) is -0.580. The fourth-order valence-corrected chi connectivity index (χ4v) is 3.39. The standard InChI is InChI=1S/C16H26N4O3/c1-18(2)16(6-3-7-16)15(23)20-10-8-19(9-11-20)14(22)13(21)17-12-4-5-12/h12H,3-11H2,1-2H3,(H,17,21). The van der Waals surface area contributed by atoms with E-state index in [9.17, 15) is 14.4 Å². The van der Waals surface area contributed by atoms with E-state index in [1.807, 2.05) is 23.9 Å². The first-order valence-corrected chi connectivity index (χ1v) is 8.50. The molecule has 0 unspecified atom stereocenters. The molecule has 2 saturated carbocycles. The van der Waals surface area contributed by atoms with Crippen molar-refractivity contribution in [1.82, 2.24) is 20.0 Å². The maximum atomic E-state index is 12.8. The monoisotopic (exact) mass is 322 g/mol. The summed E-state index contributed by atoms with van der Waals surface area (Å²) in [6.07, 6.45) is 4.83. The van der Waals surface area contributed by atoms with Gasteiger partial charge in [-0.05, 0) is 46.2 Å². The Hall–Kier alpha value is -1.63. The lowest BCUT2D eigenvalue weighted by Gasteiger charge is -2.49. The minimum Gasteiger partial charge on any atom is -0.345 e. The van der Waals surface area contributed by atoms with Crippen LogP contribution in [-0.2, 0) is 14.4 Å². The third kappa shape index (κ3) is 3.06. The lowest BCUT2D eigenvalue weighted by molar-refractivity contribution is -0.154. The van der Waals surface area contributed by atoms with Gasteiger partial charge >= 0.3 is 11.8 Å². The van der Waals surface area contributed by atoms with Gasteiger partial charge < -0.3 is 15.1 Å². The number of likely N-dealkylation sites (N-methyl/N-ethyl adjacent to an activating group) is 1. The highest BCUT2D eigenvalue weighted by Gasteiger charge is 2.48. The minimum absolute atomic E-state index is 0.170. The van der Waals surface area contributed by atoms with E-state index in [0.717, 1.165) is 32.1 Å². The molecule has 0 aromatic heterocycles. The van der Waals surface area contributed by atoms with Crippen molar-refractivity contribution in [2.75, 3.05) is 40.3 Å². The molecule has 1 saturated heterocycles. The first-order chi connectivity index (χ1) is 10.9. The van der Waals surface area contributed by atoms with Crippen LogP contribution in [-0.4, -0.2) is 84.3 Å². The number of carbonyl (C=O) groups is 3. The zero-order chi connectivity index (χ0) is 16.6. The van der Waals surface area contributed by atoms with Crippen LogP contribution in [0.3, 0.4) is 0 Å². The van der Waals surface area contributed by atoms with Crippen LogP contribution in [0.1, 0.15) is 32.1 Å². The van der Waals surface area contributed by atoms with E-state index in [1.54, 1.807) is 4.90 Å². The highest BCUT2D eigenvalue weighted by Crippen LogP contribution is 2.38. The molecule has 1 aliphatic heterocycles. The van der Waals surface area contributed by atoms with Gasteiger partial charge in [0.25, 0.3) is 0 Å². The summed E-state index contributed by atoms with van der Waals surface area (Å²) in [4.78, 5) is 42.2. The van der Waals surface area contributed by atoms with E-state index in [-0.39, 0.29) is 17.5 Å². The van der Waals surface area contributed by atoms with Gasteiger partial charge in [0.05, 0.1) is 0 Å². The lowest BCUT2D eigenvalue weighted by Crippen LogP contribution is -2.64. The molecule has 2 aliphatic carbocycles. The third-order valence-electron chi connectivity index (χ3n) is 5.40. The molecular formula is C16H26N4O3. The molecule has 3 rings (SSSR count). The summed E-state index contributed by atoms with van der Waals surface area (Å²) in [5, 5.41) is 2.73. The second-order valence-electron chi connectivity index (χ2n) is 7.11. The minimum atomic E-state index is -0.504. The fourth-order valence-electron chi connectivity index (χ4n) is 3.39. The molecule has 7 heteroatoms. The van der Waals surface area contributed by atoms with Crippen LogP contribution in [0, 0.1) is 0 Å². The van der Waals surface area contributed by atoms with Crippen molar-refractivity contribution in [1.29, 1.82) is 0 Å². The quantitative estimate of drug-likeness (QED) is 0.706.